The van der Waals surface area contributed by atoms with Gasteiger partial charge in [0.15, 0.2) is 6.10 Å². The molecule has 1 amide bonds. The topological polar surface area (TPSA) is 38.3 Å². The highest BCUT2D eigenvalue weighted by Crippen LogP contribution is 2.23. The number of carbonyl (C=O) groups excluding carboxylic acids is 1. The fourth-order valence-corrected chi connectivity index (χ4v) is 2.08. The van der Waals surface area contributed by atoms with Crippen molar-refractivity contribution in [3.63, 3.8) is 0 Å². The van der Waals surface area contributed by atoms with E-state index in [1.807, 2.05) is 39.0 Å². The van der Waals surface area contributed by atoms with Crippen LogP contribution in [0.15, 0.2) is 42.5 Å². The van der Waals surface area contributed by atoms with Crippen LogP contribution in [-0.2, 0) is 4.79 Å². The molecule has 0 aliphatic carbocycles. The van der Waals surface area contributed by atoms with Crippen molar-refractivity contribution in [2.75, 3.05) is 5.32 Å². The average molecular weight is 301 g/mol. The first-order chi connectivity index (χ1) is 10.5. The number of benzene rings is 2. The van der Waals surface area contributed by atoms with Crippen LogP contribution in [0.5, 0.6) is 5.75 Å². The summed E-state index contributed by atoms with van der Waals surface area (Å²) in [6, 6.07) is 11.4. The zero-order valence-electron chi connectivity index (χ0n) is 13.0. The van der Waals surface area contributed by atoms with Gasteiger partial charge in [-0.1, -0.05) is 19.1 Å². The van der Waals surface area contributed by atoms with Gasteiger partial charge in [-0.25, -0.2) is 4.39 Å². The van der Waals surface area contributed by atoms with Crippen molar-refractivity contribution in [1.82, 2.24) is 0 Å². The lowest BCUT2D eigenvalue weighted by Gasteiger charge is -2.19. The molecule has 2 rings (SSSR count). The largest absolute Gasteiger partial charge is 0.480 e. The molecule has 0 saturated heterocycles. The highest BCUT2D eigenvalue weighted by atomic mass is 19.1. The Bertz CT molecular complexity index is 653. The van der Waals surface area contributed by atoms with Crippen molar-refractivity contribution in [2.24, 2.45) is 0 Å². The van der Waals surface area contributed by atoms with Crippen LogP contribution in [0.25, 0.3) is 0 Å². The normalized spacial score (nSPS) is 11.8. The average Bonchev–Trinajstić information content (AvgIpc) is 2.51. The predicted octanol–water partition coefficient (Wildman–Crippen LogP) is 4.24. The van der Waals surface area contributed by atoms with Crippen molar-refractivity contribution >= 4 is 11.6 Å². The van der Waals surface area contributed by atoms with Crippen molar-refractivity contribution in [3.8, 4) is 5.75 Å². The molecular weight excluding hydrogens is 281 g/mol. The first kappa shape index (κ1) is 16.0. The minimum Gasteiger partial charge on any atom is -0.480 e. The summed E-state index contributed by atoms with van der Waals surface area (Å²) in [5.41, 5.74) is 2.69. The molecule has 0 spiro atoms. The minimum absolute atomic E-state index is 0.241. The van der Waals surface area contributed by atoms with Crippen LogP contribution >= 0.6 is 0 Å². The number of amides is 1. The van der Waals surface area contributed by atoms with Gasteiger partial charge < -0.3 is 10.1 Å². The van der Waals surface area contributed by atoms with Gasteiger partial charge >= 0.3 is 0 Å². The van der Waals surface area contributed by atoms with Gasteiger partial charge in [0, 0.05) is 5.69 Å². The summed E-state index contributed by atoms with van der Waals surface area (Å²) < 4.78 is 18.7. The number of hydrogen-bond donors (Lipinski definition) is 1. The van der Waals surface area contributed by atoms with E-state index in [1.54, 1.807) is 0 Å². The van der Waals surface area contributed by atoms with Crippen LogP contribution in [-0.4, -0.2) is 12.0 Å². The van der Waals surface area contributed by atoms with E-state index in [-0.39, 0.29) is 11.7 Å². The summed E-state index contributed by atoms with van der Waals surface area (Å²) in [5.74, 6) is 0.132. The zero-order valence-corrected chi connectivity index (χ0v) is 13.0. The van der Waals surface area contributed by atoms with Gasteiger partial charge in [0.25, 0.3) is 5.91 Å². The van der Waals surface area contributed by atoms with Gasteiger partial charge in [-0.05, 0) is 61.7 Å². The molecule has 0 bridgehead atoms. The smallest absolute Gasteiger partial charge is 0.265 e. The molecule has 0 unspecified atom stereocenters. The zero-order chi connectivity index (χ0) is 16.1. The summed E-state index contributed by atoms with van der Waals surface area (Å²) in [6.45, 7) is 5.86. The Morgan fingerprint density at radius 1 is 1.18 bits per heavy atom. The van der Waals surface area contributed by atoms with Crippen LogP contribution in [0.3, 0.4) is 0 Å². The monoisotopic (exact) mass is 301 g/mol. The van der Waals surface area contributed by atoms with Crippen LogP contribution in [0.4, 0.5) is 10.1 Å². The summed E-state index contributed by atoms with van der Waals surface area (Å²) in [4.78, 5) is 12.3. The van der Waals surface area contributed by atoms with Gasteiger partial charge in [0.05, 0.1) is 0 Å². The molecule has 4 heteroatoms. The summed E-state index contributed by atoms with van der Waals surface area (Å²) in [5, 5.41) is 2.74. The van der Waals surface area contributed by atoms with Crippen molar-refractivity contribution < 1.29 is 13.9 Å². The Labute approximate surface area is 130 Å². The molecule has 22 heavy (non-hydrogen) atoms. The van der Waals surface area contributed by atoms with E-state index in [0.29, 0.717) is 17.9 Å². The second-order valence-electron chi connectivity index (χ2n) is 5.21. The molecule has 3 nitrogen and oxygen atoms in total. The molecule has 1 N–H and O–H groups in total. The molecular formula is C18H20FNO2. The van der Waals surface area contributed by atoms with E-state index < -0.39 is 6.10 Å². The second-order valence-corrected chi connectivity index (χ2v) is 5.21. The van der Waals surface area contributed by atoms with Crippen molar-refractivity contribution in [2.45, 2.75) is 33.3 Å². The minimum atomic E-state index is -0.592. The number of anilines is 1. The fourth-order valence-electron chi connectivity index (χ4n) is 2.08. The number of hydrogen-bond acceptors (Lipinski definition) is 2. The standard InChI is InChI=1S/C18H20FNO2/c1-4-16(22-17-7-5-6-12(2)13(17)3)18(21)20-15-10-8-14(19)9-11-15/h5-11,16H,4H2,1-3H3,(H,20,21)/t16-/m1/s1. The van der Waals surface area contributed by atoms with Gasteiger partial charge in [-0.3, -0.25) is 4.79 Å². The van der Waals surface area contributed by atoms with Crippen LogP contribution in [0.1, 0.15) is 24.5 Å². The third kappa shape index (κ3) is 3.85. The highest BCUT2D eigenvalue weighted by molar-refractivity contribution is 5.94. The van der Waals surface area contributed by atoms with E-state index in [0.717, 1.165) is 11.1 Å². The Morgan fingerprint density at radius 3 is 2.50 bits per heavy atom. The lowest BCUT2D eigenvalue weighted by Crippen LogP contribution is -2.32. The van der Waals surface area contributed by atoms with E-state index >= 15 is 0 Å². The number of nitrogens with one attached hydrogen (secondary N) is 1. The van der Waals surface area contributed by atoms with Crippen LogP contribution in [0.2, 0.25) is 0 Å². The van der Waals surface area contributed by atoms with Gasteiger partial charge in [0.2, 0.25) is 0 Å². The molecule has 2 aromatic rings. The first-order valence-electron chi connectivity index (χ1n) is 7.30. The lowest BCUT2D eigenvalue weighted by atomic mass is 10.1. The van der Waals surface area contributed by atoms with E-state index in [4.69, 9.17) is 4.74 Å². The maximum atomic E-state index is 12.9. The number of rotatable bonds is 5. The first-order valence-corrected chi connectivity index (χ1v) is 7.30. The predicted molar refractivity (Wildman–Crippen MR) is 85.7 cm³/mol. The van der Waals surface area contributed by atoms with E-state index in [9.17, 15) is 9.18 Å². The highest BCUT2D eigenvalue weighted by Gasteiger charge is 2.19. The molecule has 0 fully saturated rings. The molecule has 0 aliphatic rings. The Morgan fingerprint density at radius 2 is 1.86 bits per heavy atom. The fraction of sp³-hybridized carbons (Fsp3) is 0.278. The van der Waals surface area contributed by atoms with Gasteiger partial charge in [-0.15, -0.1) is 0 Å². The molecule has 0 heterocycles. The lowest BCUT2D eigenvalue weighted by molar-refractivity contribution is -0.122. The third-order valence-corrected chi connectivity index (χ3v) is 3.60. The Balaban J connectivity index is 2.09. The summed E-state index contributed by atoms with van der Waals surface area (Å²) >= 11 is 0. The Kier molecular flexibility index (Phi) is 5.15. The molecule has 0 aromatic heterocycles. The quantitative estimate of drug-likeness (QED) is 0.897. The van der Waals surface area contributed by atoms with Gasteiger partial charge in [0.1, 0.15) is 11.6 Å². The van der Waals surface area contributed by atoms with Crippen LogP contribution in [0, 0.1) is 19.7 Å². The molecule has 0 aliphatic heterocycles. The van der Waals surface area contributed by atoms with Crippen molar-refractivity contribution in [1.29, 1.82) is 0 Å². The maximum absolute atomic E-state index is 12.9. The van der Waals surface area contributed by atoms with Crippen LogP contribution < -0.4 is 10.1 Å². The molecule has 2 aromatic carbocycles. The SMILES string of the molecule is CC[C@@H](Oc1cccc(C)c1C)C(=O)Nc1ccc(F)cc1. The van der Waals surface area contributed by atoms with Gasteiger partial charge in [-0.2, -0.15) is 0 Å². The van der Waals surface area contributed by atoms with E-state index in [1.165, 1.54) is 24.3 Å². The molecule has 0 saturated carbocycles. The molecule has 1 atom stereocenters. The Hall–Kier alpha value is -2.36. The molecule has 0 radical (unpaired) electrons. The van der Waals surface area contributed by atoms with Crippen molar-refractivity contribution in [3.05, 3.63) is 59.4 Å². The third-order valence-electron chi connectivity index (χ3n) is 3.60. The summed E-state index contributed by atoms with van der Waals surface area (Å²) in [7, 11) is 0. The number of carbonyl (C=O) groups is 1. The number of halogens is 1. The number of ether oxygens (including phenoxy) is 1. The van der Waals surface area contributed by atoms with E-state index in [2.05, 4.69) is 5.32 Å². The summed E-state index contributed by atoms with van der Waals surface area (Å²) in [6.07, 6.45) is -0.0500. The number of aryl methyl sites for hydroxylation is 1. The molecule has 116 valence electrons. The maximum Gasteiger partial charge on any atom is 0.265 e. The second kappa shape index (κ2) is 7.07.